The van der Waals surface area contributed by atoms with E-state index in [0.717, 1.165) is 39.7 Å². The SMILES string of the molecule is O=C(c1ccccc1)c1cc(-c2ccc(-c3ccccc3)cc2)sc1N1CCCCC1. The zero-order valence-corrected chi connectivity index (χ0v) is 18.3. The highest BCUT2D eigenvalue weighted by Gasteiger charge is 2.23. The molecule has 0 spiro atoms. The zero-order valence-electron chi connectivity index (χ0n) is 17.5. The Labute approximate surface area is 187 Å². The van der Waals surface area contributed by atoms with E-state index >= 15 is 0 Å². The van der Waals surface area contributed by atoms with Crippen molar-refractivity contribution in [3.05, 3.63) is 102 Å². The van der Waals surface area contributed by atoms with Gasteiger partial charge in [-0.05, 0) is 42.0 Å². The van der Waals surface area contributed by atoms with Crippen LogP contribution in [0.5, 0.6) is 0 Å². The highest BCUT2D eigenvalue weighted by Crippen LogP contribution is 2.40. The maximum atomic E-state index is 13.4. The van der Waals surface area contributed by atoms with Gasteiger partial charge in [0.2, 0.25) is 0 Å². The van der Waals surface area contributed by atoms with Gasteiger partial charge >= 0.3 is 0 Å². The minimum Gasteiger partial charge on any atom is -0.363 e. The Balaban J connectivity index is 1.52. The molecule has 1 aromatic heterocycles. The van der Waals surface area contributed by atoms with Gasteiger partial charge in [0.1, 0.15) is 5.00 Å². The van der Waals surface area contributed by atoms with Gasteiger partial charge in [0.05, 0.1) is 5.56 Å². The molecule has 3 aromatic carbocycles. The fourth-order valence-corrected chi connectivity index (χ4v) is 5.43. The van der Waals surface area contributed by atoms with Crippen molar-refractivity contribution in [3.8, 4) is 21.6 Å². The van der Waals surface area contributed by atoms with Crippen LogP contribution >= 0.6 is 11.3 Å². The first-order chi connectivity index (χ1) is 15.3. The summed E-state index contributed by atoms with van der Waals surface area (Å²) in [6, 6.07) is 30.9. The van der Waals surface area contributed by atoms with E-state index in [4.69, 9.17) is 0 Å². The number of hydrogen-bond donors (Lipinski definition) is 0. The fourth-order valence-electron chi connectivity index (χ4n) is 4.22. The minimum absolute atomic E-state index is 0.115. The summed E-state index contributed by atoms with van der Waals surface area (Å²) in [4.78, 5) is 16.9. The Morgan fingerprint density at radius 2 is 1.26 bits per heavy atom. The average Bonchev–Trinajstić information content (AvgIpc) is 3.31. The number of benzene rings is 3. The Kier molecular flexibility index (Phi) is 5.68. The Morgan fingerprint density at radius 3 is 1.94 bits per heavy atom. The number of carbonyl (C=O) groups is 1. The topological polar surface area (TPSA) is 20.3 Å². The lowest BCUT2D eigenvalue weighted by molar-refractivity contribution is 0.103. The Bertz CT molecular complexity index is 1160. The summed E-state index contributed by atoms with van der Waals surface area (Å²) in [6.07, 6.45) is 3.66. The molecule has 2 nitrogen and oxygen atoms in total. The van der Waals surface area contributed by atoms with Crippen LogP contribution in [-0.2, 0) is 0 Å². The lowest BCUT2D eigenvalue weighted by atomic mass is 10.0. The molecule has 0 bridgehead atoms. The van der Waals surface area contributed by atoms with Crippen LogP contribution in [0.15, 0.2) is 91.0 Å². The predicted octanol–water partition coefficient (Wildman–Crippen LogP) is 7.30. The van der Waals surface area contributed by atoms with Crippen molar-refractivity contribution < 1.29 is 4.79 Å². The second kappa shape index (κ2) is 8.91. The minimum atomic E-state index is 0.115. The summed E-state index contributed by atoms with van der Waals surface area (Å²) in [7, 11) is 0. The fraction of sp³-hybridized carbons (Fsp3) is 0.179. The number of piperidine rings is 1. The van der Waals surface area contributed by atoms with Gasteiger partial charge in [-0.25, -0.2) is 0 Å². The van der Waals surface area contributed by atoms with Gasteiger partial charge in [-0.3, -0.25) is 4.79 Å². The lowest BCUT2D eigenvalue weighted by Crippen LogP contribution is -2.29. The van der Waals surface area contributed by atoms with Crippen LogP contribution in [0.1, 0.15) is 35.2 Å². The molecule has 0 amide bonds. The summed E-state index contributed by atoms with van der Waals surface area (Å²) < 4.78 is 0. The van der Waals surface area contributed by atoms with Gasteiger partial charge in [0.15, 0.2) is 5.78 Å². The van der Waals surface area contributed by atoms with Crippen molar-refractivity contribution >= 4 is 22.1 Å². The molecule has 31 heavy (non-hydrogen) atoms. The second-order valence-electron chi connectivity index (χ2n) is 8.02. The normalized spacial score (nSPS) is 13.9. The smallest absolute Gasteiger partial charge is 0.196 e. The van der Waals surface area contributed by atoms with Gasteiger partial charge in [0.25, 0.3) is 0 Å². The first-order valence-corrected chi connectivity index (χ1v) is 11.8. The molecule has 0 aliphatic carbocycles. The number of thiophene rings is 1. The van der Waals surface area contributed by atoms with Gasteiger partial charge in [-0.2, -0.15) is 0 Å². The van der Waals surface area contributed by atoms with E-state index < -0.39 is 0 Å². The maximum absolute atomic E-state index is 13.4. The van der Waals surface area contributed by atoms with Gasteiger partial charge in [0, 0.05) is 23.5 Å². The van der Waals surface area contributed by atoms with Crippen molar-refractivity contribution in [3.63, 3.8) is 0 Å². The van der Waals surface area contributed by atoms with Crippen molar-refractivity contribution in [1.82, 2.24) is 0 Å². The molecular formula is C28H25NOS. The van der Waals surface area contributed by atoms with E-state index in [1.807, 2.05) is 36.4 Å². The van der Waals surface area contributed by atoms with Gasteiger partial charge in [-0.1, -0.05) is 84.9 Å². The molecule has 0 N–H and O–H groups in total. The molecule has 1 fully saturated rings. The van der Waals surface area contributed by atoms with Crippen molar-refractivity contribution in [2.75, 3.05) is 18.0 Å². The molecule has 0 atom stereocenters. The van der Waals surface area contributed by atoms with Gasteiger partial charge < -0.3 is 4.90 Å². The first kappa shape index (κ1) is 19.8. The standard InChI is InChI=1S/C28H25NOS/c30-27(24-12-6-2-7-13-24)25-20-26(31-28(25)29-18-8-3-9-19-29)23-16-14-22(15-17-23)21-10-4-1-5-11-21/h1-2,4-7,10-17,20H,3,8-9,18-19H2. The molecule has 1 aliphatic heterocycles. The molecular weight excluding hydrogens is 398 g/mol. The summed E-state index contributed by atoms with van der Waals surface area (Å²) in [6.45, 7) is 2.06. The van der Waals surface area contributed by atoms with E-state index in [-0.39, 0.29) is 5.78 Å². The monoisotopic (exact) mass is 423 g/mol. The summed E-state index contributed by atoms with van der Waals surface area (Å²) >= 11 is 1.75. The zero-order chi connectivity index (χ0) is 21.0. The number of hydrogen-bond acceptors (Lipinski definition) is 3. The highest BCUT2D eigenvalue weighted by molar-refractivity contribution is 7.19. The number of nitrogens with zero attached hydrogens (tertiary/aromatic N) is 1. The van der Waals surface area contributed by atoms with Gasteiger partial charge in [-0.15, -0.1) is 11.3 Å². The molecule has 0 unspecified atom stereocenters. The molecule has 5 rings (SSSR count). The summed E-state index contributed by atoms with van der Waals surface area (Å²) in [5, 5.41) is 1.12. The molecule has 1 saturated heterocycles. The van der Waals surface area contributed by atoms with Crippen LogP contribution in [0.2, 0.25) is 0 Å². The third-order valence-corrected chi connectivity index (χ3v) is 7.16. The largest absolute Gasteiger partial charge is 0.363 e. The number of carbonyl (C=O) groups excluding carboxylic acids is 1. The van der Waals surface area contributed by atoms with E-state index in [9.17, 15) is 4.79 Å². The van der Waals surface area contributed by atoms with Crippen molar-refractivity contribution in [2.45, 2.75) is 19.3 Å². The summed E-state index contributed by atoms with van der Waals surface area (Å²) in [5.41, 5.74) is 5.17. The first-order valence-electron chi connectivity index (χ1n) is 10.9. The van der Waals surface area contributed by atoms with Crippen LogP contribution in [-0.4, -0.2) is 18.9 Å². The molecule has 3 heteroatoms. The molecule has 154 valence electrons. The number of rotatable bonds is 5. The van der Waals surface area contributed by atoms with Crippen LogP contribution in [0.4, 0.5) is 5.00 Å². The van der Waals surface area contributed by atoms with Crippen LogP contribution in [0.3, 0.4) is 0 Å². The number of anilines is 1. The molecule has 0 radical (unpaired) electrons. The third-order valence-electron chi connectivity index (χ3n) is 5.91. The van der Waals surface area contributed by atoms with Crippen LogP contribution < -0.4 is 4.90 Å². The van der Waals surface area contributed by atoms with E-state index in [2.05, 4.69) is 59.5 Å². The highest BCUT2D eigenvalue weighted by atomic mass is 32.1. The lowest BCUT2D eigenvalue weighted by Gasteiger charge is -2.28. The Hall–Kier alpha value is -3.17. The van der Waals surface area contributed by atoms with Crippen molar-refractivity contribution in [1.29, 1.82) is 0 Å². The Morgan fingerprint density at radius 1 is 0.677 bits per heavy atom. The quantitative estimate of drug-likeness (QED) is 0.314. The number of ketones is 1. The van der Waals surface area contributed by atoms with Crippen molar-refractivity contribution in [2.24, 2.45) is 0 Å². The summed E-state index contributed by atoms with van der Waals surface area (Å²) in [5.74, 6) is 0.115. The van der Waals surface area contributed by atoms with Crippen LogP contribution in [0, 0.1) is 0 Å². The van der Waals surface area contributed by atoms with Crippen LogP contribution in [0.25, 0.3) is 21.6 Å². The molecule has 0 saturated carbocycles. The van der Waals surface area contributed by atoms with E-state index in [0.29, 0.717) is 0 Å². The maximum Gasteiger partial charge on any atom is 0.196 e. The average molecular weight is 424 g/mol. The van der Waals surface area contributed by atoms with E-state index in [1.165, 1.54) is 30.4 Å². The van der Waals surface area contributed by atoms with E-state index in [1.54, 1.807) is 11.3 Å². The second-order valence-corrected chi connectivity index (χ2v) is 9.05. The molecule has 4 aromatic rings. The third kappa shape index (κ3) is 4.19. The predicted molar refractivity (Wildman–Crippen MR) is 131 cm³/mol. The molecule has 2 heterocycles. The molecule has 1 aliphatic rings.